The predicted molar refractivity (Wildman–Crippen MR) is 110 cm³/mol. The minimum atomic E-state index is -2.39. The molecule has 0 spiro atoms. The van der Waals surface area contributed by atoms with E-state index in [4.69, 9.17) is 4.43 Å². The highest BCUT2D eigenvalue weighted by molar-refractivity contribution is 6.77. The summed E-state index contributed by atoms with van der Waals surface area (Å²) < 4.78 is 6.57. The van der Waals surface area contributed by atoms with Gasteiger partial charge in [0.2, 0.25) is 8.32 Å². The first-order valence-corrected chi connectivity index (χ1v) is 12.0. The molecule has 0 unspecified atom stereocenters. The molecule has 0 fully saturated rings. The minimum Gasteiger partial charge on any atom is -0.480 e. The molecule has 154 valence electrons. The van der Waals surface area contributed by atoms with E-state index in [0.717, 1.165) is 4.90 Å². The molecule has 1 aromatic rings. The first-order chi connectivity index (χ1) is 13.0. The number of rotatable bonds is 8. The largest absolute Gasteiger partial charge is 0.480 e. The second-order valence-corrected chi connectivity index (χ2v) is 13.9. The summed E-state index contributed by atoms with van der Waals surface area (Å²) in [5, 5.41) is 9.92. The summed E-state index contributed by atoms with van der Waals surface area (Å²) in [5.74, 6) is -2.38. The zero-order valence-electron chi connectivity index (χ0n) is 17.7. The molecule has 1 N–H and O–H groups in total. The molecule has 1 heterocycles. The Labute approximate surface area is 168 Å². The van der Waals surface area contributed by atoms with Crippen molar-refractivity contribution in [2.75, 3.05) is 0 Å². The van der Waals surface area contributed by atoms with Crippen molar-refractivity contribution in [2.45, 2.75) is 77.2 Å². The van der Waals surface area contributed by atoms with Crippen LogP contribution in [0.3, 0.4) is 0 Å². The molecular formula is C21H31NO5Si. The highest BCUT2D eigenvalue weighted by atomic mass is 28.4. The van der Waals surface area contributed by atoms with E-state index in [1.54, 1.807) is 31.2 Å². The van der Waals surface area contributed by atoms with Gasteiger partial charge in [-0.2, -0.15) is 0 Å². The summed E-state index contributed by atoms with van der Waals surface area (Å²) in [7, 11) is -2.39. The summed E-state index contributed by atoms with van der Waals surface area (Å²) in [5.41, 5.74) is 1.25. The molecule has 1 aliphatic heterocycles. The van der Waals surface area contributed by atoms with Gasteiger partial charge in [-0.15, -0.1) is 0 Å². The van der Waals surface area contributed by atoms with Crippen molar-refractivity contribution in [2.24, 2.45) is 0 Å². The van der Waals surface area contributed by atoms with Crippen LogP contribution in [0.2, 0.25) is 16.6 Å². The molecule has 2 amide bonds. The van der Waals surface area contributed by atoms with E-state index in [0.29, 0.717) is 0 Å². The lowest BCUT2D eigenvalue weighted by atomic mass is 10.1. The van der Waals surface area contributed by atoms with Crippen LogP contribution in [0.15, 0.2) is 24.3 Å². The van der Waals surface area contributed by atoms with E-state index in [-0.39, 0.29) is 27.8 Å². The molecule has 2 atom stereocenters. The first-order valence-electron chi connectivity index (χ1n) is 9.84. The standard InChI is InChI=1S/C21H31NO5Si/c1-12(2)28(13(3)4,14(5)6)27-15(7)18(21(25)26)22-19(23)16-10-8-9-11-17(16)20(22)24/h8-15,18H,1-7H3,(H,25,26)/t15-,18+/m1/s1. The number of hydrogen-bond acceptors (Lipinski definition) is 4. The number of benzene rings is 1. The Balaban J connectivity index is 2.43. The fourth-order valence-electron chi connectivity index (χ4n) is 4.78. The average molecular weight is 406 g/mol. The number of nitrogens with zero attached hydrogens (tertiary/aromatic N) is 1. The number of carboxylic acids is 1. The molecule has 0 radical (unpaired) electrons. The van der Waals surface area contributed by atoms with E-state index in [1.165, 1.54) is 0 Å². The second-order valence-electron chi connectivity index (χ2n) is 8.45. The normalized spacial score (nSPS) is 16.9. The number of carbonyl (C=O) groups excluding carboxylic acids is 2. The molecule has 2 rings (SSSR count). The smallest absolute Gasteiger partial charge is 0.329 e. The summed E-state index contributed by atoms with van der Waals surface area (Å²) in [6.45, 7) is 14.3. The molecule has 0 aliphatic carbocycles. The maximum absolute atomic E-state index is 12.8. The number of amides is 2. The van der Waals surface area contributed by atoms with Gasteiger partial charge < -0.3 is 9.53 Å². The van der Waals surface area contributed by atoms with Crippen LogP contribution in [0.4, 0.5) is 0 Å². The van der Waals surface area contributed by atoms with Crippen LogP contribution in [-0.4, -0.2) is 48.3 Å². The first kappa shape index (κ1) is 22.3. The Morgan fingerprint density at radius 3 is 1.61 bits per heavy atom. The number of carboxylic acid groups (broad SMARTS) is 1. The lowest BCUT2D eigenvalue weighted by molar-refractivity contribution is -0.144. The second kappa shape index (κ2) is 8.17. The molecule has 1 aromatic carbocycles. The minimum absolute atomic E-state index is 0.242. The van der Waals surface area contributed by atoms with Gasteiger partial charge in [0.05, 0.1) is 17.2 Å². The number of carbonyl (C=O) groups is 3. The lowest BCUT2D eigenvalue weighted by Gasteiger charge is -2.45. The molecule has 0 bridgehead atoms. The highest BCUT2D eigenvalue weighted by Crippen LogP contribution is 2.43. The van der Waals surface area contributed by atoms with Gasteiger partial charge in [0, 0.05) is 0 Å². The van der Waals surface area contributed by atoms with Gasteiger partial charge in [-0.25, -0.2) is 4.79 Å². The van der Waals surface area contributed by atoms with Crippen LogP contribution >= 0.6 is 0 Å². The Kier molecular flexibility index (Phi) is 6.50. The third-order valence-corrected chi connectivity index (χ3v) is 12.1. The predicted octanol–water partition coefficient (Wildman–Crippen LogP) is 4.32. The van der Waals surface area contributed by atoms with E-state index in [9.17, 15) is 19.5 Å². The summed E-state index contributed by atoms with van der Waals surface area (Å²) >= 11 is 0. The number of aliphatic carboxylic acids is 1. The van der Waals surface area contributed by atoms with E-state index < -0.39 is 38.2 Å². The fourth-order valence-corrected chi connectivity index (χ4v) is 10.4. The number of imide groups is 1. The Hall–Kier alpha value is -1.99. The van der Waals surface area contributed by atoms with Crippen LogP contribution in [0, 0.1) is 0 Å². The quantitative estimate of drug-likeness (QED) is 0.514. The Bertz CT molecular complexity index is 717. The molecule has 6 nitrogen and oxygen atoms in total. The van der Waals surface area contributed by atoms with Gasteiger partial charge in [0.1, 0.15) is 0 Å². The van der Waals surface area contributed by atoms with Gasteiger partial charge >= 0.3 is 5.97 Å². The maximum atomic E-state index is 12.8. The van der Waals surface area contributed by atoms with Crippen molar-refractivity contribution in [1.82, 2.24) is 4.90 Å². The molecule has 0 saturated heterocycles. The van der Waals surface area contributed by atoms with Gasteiger partial charge in [-0.05, 0) is 35.7 Å². The van der Waals surface area contributed by atoms with E-state index in [2.05, 4.69) is 41.5 Å². The Morgan fingerprint density at radius 2 is 1.29 bits per heavy atom. The number of hydrogen-bond donors (Lipinski definition) is 1. The zero-order chi connectivity index (χ0) is 21.4. The molecule has 1 aliphatic rings. The van der Waals surface area contributed by atoms with Crippen molar-refractivity contribution in [3.05, 3.63) is 35.4 Å². The van der Waals surface area contributed by atoms with Crippen molar-refractivity contribution in [1.29, 1.82) is 0 Å². The van der Waals surface area contributed by atoms with Gasteiger partial charge in [0.15, 0.2) is 6.04 Å². The summed E-state index contributed by atoms with van der Waals surface area (Å²) in [4.78, 5) is 38.7. The molecular weight excluding hydrogens is 374 g/mol. The molecule has 0 aromatic heterocycles. The fraction of sp³-hybridized carbons (Fsp3) is 0.571. The highest BCUT2D eigenvalue weighted by Gasteiger charge is 2.51. The molecule has 7 heteroatoms. The van der Waals surface area contributed by atoms with Crippen LogP contribution in [-0.2, 0) is 9.22 Å². The van der Waals surface area contributed by atoms with Crippen molar-refractivity contribution < 1.29 is 23.9 Å². The summed E-state index contributed by atoms with van der Waals surface area (Å²) in [6, 6.07) is 5.06. The van der Waals surface area contributed by atoms with Crippen molar-refractivity contribution >= 4 is 26.1 Å². The van der Waals surface area contributed by atoms with Gasteiger partial charge in [0.25, 0.3) is 11.8 Å². The Morgan fingerprint density at radius 1 is 0.893 bits per heavy atom. The van der Waals surface area contributed by atoms with Crippen molar-refractivity contribution in [3.63, 3.8) is 0 Å². The lowest BCUT2D eigenvalue weighted by Crippen LogP contribution is -2.57. The maximum Gasteiger partial charge on any atom is 0.329 e. The van der Waals surface area contributed by atoms with Crippen molar-refractivity contribution in [3.8, 4) is 0 Å². The summed E-state index contributed by atoms with van der Waals surface area (Å²) in [6.07, 6.45) is -0.807. The monoisotopic (exact) mass is 405 g/mol. The van der Waals surface area contributed by atoms with Gasteiger partial charge in [-0.3, -0.25) is 14.5 Å². The van der Waals surface area contributed by atoms with Crippen LogP contribution in [0.5, 0.6) is 0 Å². The molecule has 28 heavy (non-hydrogen) atoms. The SMILES string of the molecule is CC(C)[Si](O[C@H](C)[C@@H](C(=O)O)N1C(=O)c2ccccc2C1=O)(C(C)C)C(C)C. The van der Waals surface area contributed by atoms with E-state index >= 15 is 0 Å². The van der Waals surface area contributed by atoms with Crippen LogP contribution < -0.4 is 0 Å². The van der Waals surface area contributed by atoms with Crippen LogP contribution in [0.1, 0.15) is 69.2 Å². The molecule has 0 saturated carbocycles. The van der Waals surface area contributed by atoms with Gasteiger partial charge in [-0.1, -0.05) is 53.7 Å². The average Bonchev–Trinajstić information content (AvgIpc) is 2.84. The van der Waals surface area contributed by atoms with E-state index in [1.807, 2.05) is 0 Å². The zero-order valence-corrected chi connectivity index (χ0v) is 18.7. The topological polar surface area (TPSA) is 83.9 Å². The third-order valence-electron chi connectivity index (χ3n) is 5.90. The third kappa shape index (κ3) is 3.53. The van der Waals surface area contributed by atoms with Crippen LogP contribution in [0.25, 0.3) is 0 Å². The number of fused-ring (bicyclic) bond motifs is 1.